The summed E-state index contributed by atoms with van der Waals surface area (Å²) in [6, 6.07) is 14.1. The van der Waals surface area contributed by atoms with Crippen LogP contribution in [0.25, 0.3) is 12.2 Å². The minimum atomic E-state index is -4.97. The molecule has 2 aromatic heterocycles. The Morgan fingerprint density at radius 1 is 0.536 bits per heavy atom. The maximum absolute atomic E-state index is 13.5. The molecule has 2 heterocycles. The van der Waals surface area contributed by atoms with E-state index in [1.807, 2.05) is 107 Å². The first kappa shape index (κ1) is 70.3. The molecule has 6 aromatic rings. The van der Waals surface area contributed by atoms with E-state index in [0.29, 0.717) is 35.1 Å². The van der Waals surface area contributed by atoms with Gasteiger partial charge in [-0.05, 0) is 103 Å². The molecule has 84 heavy (non-hydrogen) atoms. The Balaban J connectivity index is 0.00000757. The zero-order chi connectivity index (χ0) is 60.9. The van der Waals surface area contributed by atoms with Crippen LogP contribution in [0.4, 0.5) is 23.3 Å². The predicted octanol–water partition coefficient (Wildman–Crippen LogP) is 0.461. The molecular formula is C56H72N14Na2O10S2. The molecule has 0 fully saturated rings. The van der Waals surface area contributed by atoms with Crippen molar-refractivity contribution in [2.24, 2.45) is 30.0 Å². The minimum absolute atomic E-state index is 0. The number of aliphatic hydroxyl groups excluding tert-OH is 2. The van der Waals surface area contributed by atoms with Gasteiger partial charge >= 0.3 is 59.1 Å². The molecule has 0 atom stereocenters. The van der Waals surface area contributed by atoms with Crippen LogP contribution in [0.15, 0.2) is 100 Å². The summed E-state index contributed by atoms with van der Waals surface area (Å²) in [6.45, 7) is 24.2. The molecule has 24 nitrogen and oxygen atoms in total. The van der Waals surface area contributed by atoms with E-state index < -0.39 is 63.7 Å². The maximum atomic E-state index is 13.5. The Morgan fingerprint density at radius 2 is 0.845 bits per heavy atom. The zero-order valence-corrected chi connectivity index (χ0v) is 56.0. The Labute approximate surface area is 533 Å². The normalized spacial score (nSPS) is 14.0. The van der Waals surface area contributed by atoms with E-state index in [1.165, 1.54) is 50.5 Å². The van der Waals surface area contributed by atoms with Crippen LogP contribution >= 0.6 is 0 Å². The molecule has 0 unspecified atom stereocenters. The number of hydrogen-bond acceptors (Lipinski definition) is 14. The van der Waals surface area contributed by atoms with Gasteiger partial charge in [0.2, 0.25) is 34.4 Å². The quantitative estimate of drug-likeness (QED) is 0.0233. The first-order valence-corrected chi connectivity index (χ1v) is 28.8. The van der Waals surface area contributed by atoms with E-state index >= 15 is 0 Å². The Kier molecular flexibility index (Phi) is 23.3. The number of nitrogens with one attached hydrogen (secondary N) is 6. The first-order valence-electron chi connectivity index (χ1n) is 25.9. The van der Waals surface area contributed by atoms with Crippen molar-refractivity contribution in [1.29, 1.82) is 0 Å². The molecule has 0 aliphatic carbocycles. The standard InChI is InChI=1S/C56H74N14O10S2.2Na/c1-53(2,3)37-25-31(26-38(43(37)71)54(4,5)6)21-23-59-45-63-47(67-49(65-45)69-51(73)57-13)61-35-19-17-33(41(29-35)81(75,76)77)15-16-34-18-20-36(30-42(34)82(78,79)80)62-48-64-46(66-50(68-48)70-52(74)58-14)60-24-22-32-27-39(55(7,8)9)44(72)40(28-32)56(10,11)12;;/h15-20,25-30,71-72H,21-24H2,1-14H3,(H,75,76,77)(H,78,79,80)(H4,57,59,61,63,65,67,69,73)(H4,58,60,62,64,66,68,70,74);;/q;2*+1/p-2/b16-15+;;. The fraction of sp³-hybridized carbons (Fsp3) is 0.393. The van der Waals surface area contributed by atoms with E-state index in [-0.39, 0.29) is 141 Å². The summed E-state index contributed by atoms with van der Waals surface area (Å²) < 4.78 is 72.5. The van der Waals surface area contributed by atoms with Crippen molar-refractivity contribution >= 4 is 67.7 Å². The molecule has 4 aromatic carbocycles. The van der Waals surface area contributed by atoms with Crippen LogP contribution in [0.5, 0.6) is 11.5 Å². The Morgan fingerprint density at radius 3 is 1.12 bits per heavy atom. The second kappa shape index (κ2) is 27.9. The minimum Gasteiger partial charge on any atom is -0.872 e. The number of amidine groups is 2. The number of nitrogens with zero attached hydrogens (tertiary/aromatic N) is 8. The van der Waals surface area contributed by atoms with E-state index in [0.717, 1.165) is 23.3 Å². The number of aromatic amines is 4. The smallest absolute Gasteiger partial charge is 0.872 e. The van der Waals surface area contributed by atoms with Crippen molar-refractivity contribution in [3.8, 4) is 11.5 Å². The Hall–Kier alpha value is -6.20. The monoisotopic (exact) mass is 1210 g/mol. The second-order valence-corrected chi connectivity index (χ2v) is 26.1. The van der Waals surface area contributed by atoms with Crippen molar-refractivity contribution in [1.82, 2.24) is 29.9 Å². The van der Waals surface area contributed by atoms with Crippen LogP contribution < -0.4 is 102 Å². The number of anilines is 2. The topological polar surface area (TPSA) is 382 Å². The van der Waals surface area contributed by atoms with E-state index in [2.05, 4.69) is 70.5 Å². The second-order valence-electron chi connectivity index (χ2n) is 23.4. The van der Waals surface area contributed by atoms with Crippen LogP contribution in [0.1, 0.15) is 128 Å². The van der Waals surface area contributed by atoms with Gasteiger partial charge in [-0.2, -0.15) is 26.8 Å². The number of aromatic nitrogens is 6. The number of hydrogen-bond donors (Lipinski definition) is 10. The fourth-order valence-electron chi connectivity index (χ4n) is 8.35. The molecule has 0 saturated heterocycles. The zero-order valence-electron chi connectivity index (χ0n) is 50.4. The van der Waals surface area contributed by atoms with E-state index in [4.69, 9.17) is 0 Å². The summed E-state index contributed by atoms with van der Waals surface area (Å²) >= 11 is 0. The largest absolute Gasteiger partial charge is 1.00 e. The molecule has 0 radical (unpaired) electrons. The number of H-pyrrole nitrogens is 4. The third-order valence-electron chi connectivity index (χ3n) is 12.6. The van der Waals surface area contributed by atoms with Gasteiger partial charge in [-0.3, -0.25) is 49.7 Å². The van der Waals surface area contributed by atoms with Crippen molar-refractivity contribution in [2.75, 3.05) is 37.8 Å². The van der Waals surface area contributed by atoms with Gasteiger partial charge < -0.3 is 20.4 Å². The van der Waals surface area contributed by atoms with E-state index in [9.17, 15) is 46.4 Å². The fourth-order valence-corrected chi connectivity index (χ4v) is 9.75. The molecular weight excluding hydrogens is 1140 g/mol. The molecule has 0 spiro atoms. The van der Waals surface area contributed by atoms with Gasteiger partial charge in [0.15, 0.2) is 0 Å². The van der Waals surface area contributed by atoms with Crippen molar-refractivity contribution in [3.05, 3.63) is 128 Å². The van der Waals surface area contributed by atoms with Gasteiger partial charge in [0, 0.05) is 27.2 Å². The average Bonchev–Trinajstić information content (AvgIpc) is 2.66. The van der Waals surface area contributed by atoms with Gasteiger partial charge in [0.05, 0.1) is 11.4 Å². The van der Waals surface area contributed by atoms with Crippen LogP contribution in [0.3, 0.4) is 0 Å². The molecule has 0 bridgehead atoms. The summed E-state index contributed by atoms with van der Waals surface area (Å²) in [5.74, 6) is -0.0981. The van der Waals surface area contributed by atoms with E-state index in [1.54, 1.807) is 0 Å². The third-order valence-corrected chi connectivity index (χ3v) is 14.4. The molecule has 28 heteroatoms. The molecule has 6 rings (SSSR count). The first-order chi connectivity index (χ1) is 37.9. The number of aliphatic hydroxyl groups is 2. The van der Waals surface area contributed by atoms with Crippen molar-refractivity contribution in [2.45, 2.75) is 127 Å². The van der Waals surface area contributed by atoms with Crippen molar-refractivity contribution < 1.29 is 105 Å². The Bertz CT molecular complexity index is 3700. The molecule has 0 aliphatic rings. The molecule has 0 amide bonds. The predicted molar refractivity (Wildman–Crippen MR) is 312 cm³/mol. The van der Waals surface area contributed by atoms with Crippen LogP contribution in [-0.4, -0.2) is 105 Å². The molecule has 0 aliphatic heterocycles. The number of rotatable bonds is 14. The van der Waals surface area contributed by atoms with Crippen LogP contribution in [0, 0.1) is 0 Å². The summed E-state index contributed by atoms with van der Waals surface area (Å²) in [5.41, 5.74) is 2.72. The maximum Gasteiger partial charge on any atom is 1.00 e. The summed E-state index contributed by atoms with van der Waals surface area (Å²) in [7, 11) is -7.26. The number of aliphatic imine (C=N–C) groups is 2. The SMILES string of the molecule is CN=C(O)Nc1nc(=NCCc2cc(C(C)(C)C)c([O-])c(C(C)(C)C)c2)[nH]c(=Nc2ccc(/C=C/c3ccc(N=c4[nH]c(NC(O)=NC)nc(=NCCc5cc(C(C)(C)C)c([O-])c(C(C)(C)C)c5)[nH]4)cc3S(=O)(=O)O)c(S(=O)(=O)O)c2)[nH]1.[Na+].[Na+]. The van der Waals surface area contributed by atoms with Gasteiger partial charge in [-0.15, -0.1) is 11.5 Å². The van der Waals surface area contributed by atoms with Gasteiger partial charge in [-0.25, -0.2) is 20.0 Å². The van der Waals surface area contributed by atoms with Crippen LogP contribution in [0.2, 0.25) is 0 Å². The number of benzene rings is 4. The average molecular weight is 1210 g/mol. The third kappa shape index (κ3) is 19.2. The van der Waals surface area contributed by atoms with Gasteiger partial charge in [0.25, 0.3) is 32.3 Å². The summed E-state index contributed by atoms with van der Waals surface area (Å²) in [6.07, 6.45) is 3.29. The van der Waals surface area contributed by atoms with Crippen molar-refractivity contribution in [3.63, 3.8) is 0 Å². The van der Waals surface area contributed by atoms with Gasteiger partial charge in [-0.1, -0.05) is 132 Å². The van der Waals surface area contributed by atoms with Crippen LogP contribution in [-0.2, 0) is 54.7 Å². The summed E-state index contributed by atoms with van der Waals surface area (Å²) in [4.78, 5) is 44.5. The summed E-state index contributed by atoms with van der Waals surface area (Å²) in [5, 5.41) is 52.5. The molecule has 10 N–H and O–H groups in total. The van der Waals surface area contributed by atoms with Gasteiger partial charge in [0.1, 0.15) is 9.79 Å². The molecule has 440 valence electrons. The molecule has 0 saturated carbocycles.